The van der Waals surface area contributed by atoms with E-state index in [1.165, 1.54) is 12.1 Å². The lowest BCUT2D eigenvalue weighted by molar-refractivity contribution is 0.486. The van der Waals surface area contributed by atoms with E-state index in [4.69, 9.17) is 0 Å². The summed E-state index contributed by atoms with van der Waals surface area (Å²) in [4.78, 5) is 0. The molecule has 0 radical (unpaired) electrons. The molecule has 0 atom stereocenters. The topological polar surface area (TPSA) is 47.6 Å². The van der Waals surface area contributed by atoms with E-state index in [0.717, 1.165) is 24.3 Å². The molecular weight excluding hydrogens is 308 g/mol. The number of benzene rings is 2. The summed E-state index contributed by atoms with van der Waals surface area (Å²) in [7, 11) is 0. The van der Waals surface area contributed by atoms with Crippen LogP contribution in [0.15, 0.2) is 36.4 Å². The summed E-state index contributed by atoms with van der Waals surface area (Å²) in [6, 6.07) is 9.84. The molecule has 23 heavy (non-hydrogen) atoms. The molecule has 2 aromatic carbocycles. The summed E-state index contributed by atoms with van der Waals surface area (Å²) in [5.74, 6) is -4.23. The summed E-state index contributed by atoms with van der Waals surface area (Å²) in [6.07, 6.45) is -0.341. The van der Waals surface area contributed by atoms with E-state index in [9.17, 15) is 28.1 Å². The fourth-order valence-electron chi connectivity index (χ4n) is 2.24. The molecule has 0 heterocycles. The molecule has 0 aromatic heterocycles. The summed E-state index contributed by atoms with van der Waals surface area (Å²) < 4.78 is 52.4. The normalized spacial score (nSPS) is 10.9. The third-order valence-electron chi connectivity index (χ3n) is 3.41. The van der Waals surface area contributed by atoms with Crippen molar-refractivity contribution in [3.63, 3.8) is 0 Å². The second-order valence-electron chi connectivity index (χ2n) is 5.16. The van der Waals surface area contributed by atoms with Crippen molar-refractivity contribution < 1.29 is 17.6 Å². The van der Waals surface area contributed by atoms with Gasteiger partial charge in [0.2, 0.25) is 0 Å². The van der Waals surface area contributed by atoms with Crippen LogP contribution in [0.3, 0.4) is 0 Å². The highest BCUT2D eigenvalue weighted by molar-refractivity contribution is 5.30. The highest BCUT2D eigenvalue weighted by Crippen LogP contribution is 2.28. The van der Waals surface area contributed by atoms with E-state index in [2.05, 4.69) is 0 Å². The Bertz CT molecular complexity index is 749. The number of rotatable bonds is 4. The fraction of sp³-hybridized carbons (Fsp3) is 0.176. The van der Waals surface area contributed by atoms with E-state index in [-0.39, 0.29) is 24.0 Å². The largest absolute Gasteiger partial charge is 0.204 e. The quantitative estimate of drug-likeness (QED) is 0.798. The molecule has 0 bridgehead atoms. The molecule has 2 nitrogen and oxygen atoms in total. The first-order valence-electron chi connectivity index (χ1n) is 6.59. The zero-order valence-corrected chi connectivity index (χ0v) is 11.8. The van der Waals surface area contributed by atoms with Crippen LogP contribution in [0.4, 0.5) is 17.6 Å². The van der Waals surface area contributed by atoms with Crippen molar-refractivity contribution in [3.8, 4) is 12.1 Å². The van der Waals surface area contributed by atoms with Crippen LogP contribution in [-0.2, 0) is 12.8 Å². The van der Waals surface area contributed by atoms with Gasteiger partial charge in [0.1, 0.15) is 0 Å². The van der Waals surface area contributed by atoms with Gasteiger partial charge >= 0.3 is 0 Å². The molecule has 0 aliphatic heterocycles. The Hall–Kier alpha value is -2.86. The minimum Gasteiger partial charge on any atom is -0.204 e. The zero-order chi connectivity index (χ0) is 17.0. The molecule has 0 aliphatic rings. The number of nitriles is 2. The van der Waals surface area contributed by atoms with Crippen LogP contribution < -0.4 is 0 Å². The Balaban J connectivity index is 2.32. The van der Waals surface area contributed by atoms with E-state index in [0.29, 0.717) is 0 Å². The first kappa shape index (κ1) is 16.5. The number of hydrogen-bond donors (Lipinski definition) is 0. The predicted octanol–water partition coefficient (Wildman–Crippen LogP) is 4.06. The predicted molar refractivity (Wildman–Crippen MR) is 73.8 cm³/mol. The monoisotopic (exact) mass is 318 g/mol. The van der Waals surface area contributed by atoms with Gasteiger partial charge in [0.05, 0.1) is 12.1 Å². The van der Waals surface area contributed by atoms with Gasteiger partial charge < -0.3 is 0 Å². The third-order valence-corrected chi connectivity index (χ3v) is 3.41. The SMILES string of the molecule is N#CC(C#N)(Cc1ccc(F)c(F)c1)Cc1ccc(F)c(F)c1. The molecule has 6 heteroatoms. The van der Waals surface area contributed by atoms with Crippen LogP contribution in [0.5, 0.6) is 0 Å². The van der Waals surface area contributed by atoms with Crippen LogP contribution in [0, 0.1) is 51.3 Å². The Kier molecular flexibility index (Phi) is 4.66. The minimum atomic E-state index is -1.60. The van der Waals surface area contributed by atoms with E-state index < -0.39 is 28.7 Å². The molecule has 0 fully saturated rings. The third kappa shape index (κ3) is 3.67. The molecule has 2 aromatic rings. The van der Waals surface area contributed by atoms with Gasteiger partial charge in [-0.1, -0.05) is 12.1 Å². The van der Waals surface area contributed by atoms with Crippen LogP contribution >= 0.6 is 0 Å². The Morgan fingerprint density at radius 3 is 1.39 bits per heavy atom. The van der Waals surface area contributed by atoms with E-state index >= 15 is 0 Å². The van der Waals surface area contributed by atoms with Crippen molar-refractivity contribution in [1.29, 1.82) is 10.5 Å². The number of hydrogen-bond acceptors (Lipinski definition) is 2. The number of halogens is 4. The van der Waals surface area contributed by atoms with Gasteiger partial charge in [0, 0.05) is 12.8 Å². The second-order valence-corrected chi connectivity index (χ2v) is 5.16. The fourth-order valence-corrected chi connectivity index (χ4v) is 2.24. The first-order chi connectivity index (χ1) is 10.9. The average Bonchev–Trinajstić information content (AvgIpc) is 2.54. The van der Waals surface area contributed by atoms with Gasteiger partial charge in [-0.3, -0.25) is 0 Å². The smallest absolute Gasteiger partial charge is 0.159 e. The first-order valence-corrected chi connectivity index (χ1v) is 6.59. The summed E-state index contributed by atoms with van der Waals surface area (Å²) in [6.45, 7) is 0. The molecule has 0 N–H and O–H groups in total. The maximum atomic E-state index is 13.3. The zero-order valence-electron chi connectivity index (χ0n) is 11.8. The highest BCUT2D eigenvalue weighted by Gasteiger charge is 2.31. The van der Waals surface area contributed by atoms with Crippen LogP contribution in [0.25, 0.3) is 0 Å². The maximum absolute atomic E-state index is 13.3. The molecule has 0 saturated carbocycles. The van der Waals surface area contributed by atoms with Crippen molar-refractivity contribution in [2.75, 3.05) is 0 Å². The molecule has 0 amide bonds. The molecule has 0 saturated heterocycles. The van der Waals surface area contributed by atoms with Gasteiger partial charge in [-0.15, -0.1) is 0 Å². The van der Waals surface area contributed by atoms with Gasteiger partial charge in [0.15, 0.2) is 28.7 Å². The standard InChI is InChI=1S/C17H10F4N2/c18-13-3-1-11(5-15(13)20)7-17(9-22,10-23)8-12-2-4-14(19)16(21)6-12/h1-6H,7-8H2. The summed E-state index contributed by atoms with van der Waals surface area (Å²) in [5, 5.41) is 18.7. The van der Waals surface area contributed by atoms with Crippen molar-refractivity contribution in [3.05, 3.63) is 70.8 Å². The highest BCUT2D eigenvalue weighted by atomic mass is 19.2. The van der Waals surface area contributed by atoms with Crippen molar-refractivity contribution >= 4 is 0 Å². The second kappa shape index (κ2) is 6.50. The molecule has 0 spiro atoms. The lowest BCUT2D eigenvalue weighted by Crippen LogP contribution is -2.23. The van der Waals surface area contributed by atoms with Crippen LogP contribution in [-0.4, -0.2) is 0 Å². The van der Waals surface area contributed by atoms with Crippen molar-refractivity contribution in [2.24, 2.45) is 5.41 Å². The summed E-state index contributed by atoms with van der Waals surface area (Å²) in [5.41, 5.74) is -1.08. The van der Waals surface area contributed by atoms with Gasteiger partial charge in [-0.2, -0.15) is 10.5 Å². The molecule has 0 aliphatic carbocycles. The lowest BCUT2D eigenvalue weighted by Gasteiger charge is -2.19. The molecular formula is C17H10F4N2. The maximum Gasteiger partial charge on any atom is 0.159 e. The van der Waals surface area contributed by atoms with Crippen molar-refractivity contribution in [1.82, 2.24) is 0 Å². The summed E-state index contributed by atoms with van der Waals surface area (Å²) >= 11 is 0. The van der Waals surface area contributed by atoms with Crippen LogP contribution in [0.2, 0.25) is 0 Å². The van der Waals surface area contributed by atoms with Crippen molar-refractivity contribution in [2.45, 2.75) is 12.8 Å². The minimum absolute atomic E-state index is 0.170. The van der Waals surface area contributed by atoms with Gasteiger partial charge in [-0.05, 0) is 35.4 Å². The molecule has 2 rings (SSSR count). The van der Waals surface area contributed by atoms with E-state index in [1.54, 1.807) is 0 Å². The average molecular weight is 318 g/mol. The molecule has 0 unspecified atom stereocenters. The lowest BCUT2D eigenvalue weighted by atomic mass is 9.79. The van der Waals surface area contributed by atoms with Crippen LogP contribution in [0.1, 0.15) is 11.1 Å². The Morgan fingerprint density at radius 2 is 1.09 bits per heavy atom. The van der Waals surface area contributed by atoms with Gasteiger partial charge in [0.25, 0.3) is 0 Å². The Labute approximate surface area is 130 Å². The van der Waals surface area contributed by atoms with Gasteiger partial charge in [-0.25, -0.2) is 17.6 Å². The Morgan fingerprint density at radius 1 is 0.696 bits per heavy atom. The van der Waals surface area contributed by atoms with E-state index in [1.807, 2.05) is 12.1 Å². The molecule has 116 valence electrons. The number of nitrogens with zero attached hydrogens (tertiary/aromatic N) is 2.